The quantitative estimate of drug-likeness (QED) is 0.876. The van der Waals surface area contributed by atoms with Crippen LogP contribution < -0.4 is 11.1 Å². The number of amides is 1. The van der Waals surface area contributed by atoms with E-state index in [1.54, 1.807) is 6.07 Å². The molecule has 0 radical (unpaired) electrons. The van der Waals surface area contributed by atoms with Gasteiger partial charge < -0.3 is 5.73 Å². The molecule has 0 spiro atoms. The minimum absolute atomic E-state index is 0.197. The minimum Gasteiger partial charge on any atom is -0.368 e. The second kappa shape index (κ2) is 6.38. The van der Waals surface area contributed by atoms with Crippen LogP contribution in [0.1, 0.15) is 31.9 Å². The van der Waals surface area contributed by atoms with Crippen molar-refractivity contribution in [1.82, 2.24) is 5.32 Å². The lowest BCUT2D eigenvalue weighted by atomic mass is 10.0. The number of carbonyl (C=O) groups excluding carboxylic acids is 1. The molecule has 3 N–H and O–H groups in total. The lowest BCUT2D eigenvalue weighted by Crippen LogP contribution is -2.38. The van der Waals surface area contributed by atoms with Gasteiger partial charge in [-0.3, -0.25) is 10.1 Å². The first-order valence-corrected chi connectivity index (χ1v) is 6.63. The Bertz CT molecular complexity index is 411. The molecule has 1 aromatic carbocycles. The SMILES string of the molecule is CCC(C)NC(C(N)=O)c1cc(Br)ccc1Cl. The van der Waals surface area contributed by atoms with E-state index in [9.17, 15) is 4.79 Å². The third-order valence-corrected chi connectivity index (χ3v) is 3.45. The molecule has 3 nitrogen and oxygen atoms in total. The largest absolute Gasteiger partial charge is 0.368 e. The van der Waals surface area contributed by atoms with E-state index < -0.39 is 11.9 Å². The second-order valence-electron chi connectivity index (χ2n) is 3.98. The number of benzene rings is 1. The summed E-state index contributed by atoms with van der Waals surface area (Å²) in [6, 6.07) is 5.02. The van der Waals surface area contributed by atoms with Crippen LogP contribution in [-0.2, 0) is 4.79 Å². The highest BCUT2D eigenvalue weighted by Crippen LogP contribution is 2.27. The highest BCUT2D eigenvalue weighted by atomic mass is 79.9. The van der Waals surface area contributed by atoms with Crippen LogP contribution in [0.4, 0.5) is 0 Å². The van der Waals surface area contributed by atoms with E-state index in [4.69, 9.17) is 17.3 Å². The normalized spacial score (nSPS) is 14.4. The molecule has 0 aromatic heterocycles. The number of hydrogen-bond donors (Lipinski definition) is 2. The van der Waals surface area contributed by atoms with Gasteiger partial charge in [-0.25, -0.2) is 0 Å². The summed E-state index contributed by atoms with van der Waals surface area (Å²) in [5.74, 6) is -0.426. The maximum atomic E-state index is 11.5. The van der Waals surface area contributed by atoms with Gasteiger partial charge in [0.25, 0.3) is 0 Å². The number of halogens is 2. The lowest BCUT2D eigenvalue weighted by molar-refractivity contribution is -0.120. The van der Waals surface area contributed by atoms with Gasteiger partial charge >= 0.3 is 0 Å². The monoisotopic (exact) mass is 318 g/mol. The van der Waals surface area contributed by atoms with E-state index in [2.05, 4.69) is 21.2 Å². The summed E-state index contributed by atoms with van der Waals surface area (Å²) < 4.78 is 0.870. The van der Waals surface area contributed by atoms with E-state index in [-0.39, 0.29) is 6.04 Å². The fourth-order valence-corrected chi connectivity index (χ4v) is 2.07. The number of primary amides is 1. The zero-order valence-electron chi connectivity index (χ0n) is 9.84. The van der Waals surface area contributed by atoms with E-state index in [1.807, 2.05) is 26.0 Å². The molecule has 1 amide bonds. The molecule has 5 heteroatoms. The summed E-state index contributed by atoms with van der Waals surface area (Å²) >= 11 is 9.45. The Kier molecular flexibility index (Phi) is 5.43. The van der Waals surface area contributed by atoms with Crippen LogP contribution in [0.15, 0.2) is 22.7 Å². The summed E-state index contributed by atoms with van der Waals surface area (Å²) in [5, 5.41) is 3.71. The topological polar surface area (TPSA) is 55.1 Å². The first-order valence-electron chi connectivity index (χ1n) is 5.46. The molecule has 0 fully saturated rings. The maximum Gasteiger partial charge on any atom is 0.239 e. The molecule has 0 aliphatic carbocycles. The Morgan fingerprint density at radius 3 is 2.76 bits per heavy atom. The van der Waals surface area contributed by atoms with Gasteiger partial charge in [0.2, 0.25) is 5.91 Å². The van der Waals surface area contributed by atoms with E-state index in [1.165, 1.54) is 0 Å². The number of hydrogen-bond acceptors (Lipinski definition) is 2. The fraction of sp³-hybridized carbons (Fsp3) is 0.417. The van der Waals surface area contributed by atoms with Crippen molar-refractivity contribution in [2.75, 3.05) is 0 Å². The second-order valence-corrected chi connectivity index (χ2v) is 5.30. The molecular weight excluding hydrogens is 304 g/mol. The Labute approximate surface area is 115 Å². The van der Waals surface area contributed by atoms with Crippen molar-refractivity contribution in [3.63, 3.8) is 0 Å². The van der Waals surface area contributed by atoms with Crippen LogP contribution in [0, 0.1) is 0 Å². The fourth-order valence-electron chi connectivity index (χ4n) is 1.46. The Balaban J connectivity index is 3.05. The van der Waals surface area contributed by atoms with Crippen LogP contribution in [0.5, 0.6) is 0 Å². The van der Waals surface area contributed by atoms with Crippen molar-refractivity contribution >= 4 is 33.4 Å². The molecule has 0 bridgehead atoms. The standard InChI is InChI=1S/C12H16BrClN2O/c1-3-7(2)16-11(12(15)17)9-6-8(13)4-5-10(9)14/h4-7,11,16H,3H2,1-2H3,(H2,15,17). The molecule has 2 atom stereocenters. The van der Waals surface area contributed by atoms with Crippen LogP contribution in [0.2, 0.25) is 5.02 Å². The van der Waals surface area contributed by atoms with Gasteiger partial charge in [-0.15, -0.1) is 0 Å². The van der Waals surface area contributed by atoms with Gasteiger partial charge in [0.1, 0.15) is 6.04 Å². The van der Waals surface area contributed by atoms with Crippen molar-refractivity contribution < 1.29 is 4.79 Å². The summed E-state index contributed by atoms with van der Waals surface area (Å²) in [7, 11) is 0. The third kappa shape index (κ3) is 3.98. The Morgan fingerprint density at radius 2 is 2.24 bits per heavy atom. The molecular formula is C12H16BrClN2O. The predicted molar refractivity (Wildman–Crippen MR) is 74.0 cm³/mol. The highest BCUT2D eigenvalue weighted by Gasteiger charge is 2.21. The highest BCUT2D eigenvalue weighted by molar-refractivity contribution is 9.10. The van der Waals surface area contributed by atoms with Crippen molar-refractivity contribution in [3.8, 4) is 0 Å². The molecule has 17 heavy (non-hydrogen) atoms. The van der Waals surface area contributed by atoms with Crippen molar-refractivity contribution in [1.29, 1.82) is 0 Å². The number of nitrogens with two attached hydrogens (primary N) is 1. The van der Waals surface area contributed by atoms with E-state index in [0.29, 0.717) is 10.6 Å². The molecule has 0 aliphatic heterocycles. The van der Waals surface area contributed by atoms with Gasteiger partial charge in [-0.05, 0) is 37.1 Å². The van der Waals surface area contributed by atoms with Crippen LogP contribution >= 0.6 is 27.5 Å². The summed E-state index contributed by atoms with van der Waals surface area (Å²) in [5.41, 5.74) is 6.12. The summed E-state index contributed by atoms with van der Waals surface area (Å²) in [4.78, 5) is 11.5. The zero-order valence-corrected chi connectivity index (χ0v) is 12.2. The molecule has 0 saturated carbocycles. The molecule has 0 saturated heterocycles. The van der Waals surface area contributed by atoms with Crippen molar-refractivity contribution in [2.45, 2.75) is 32.4 Å². The summed E-state index contributed by atoms with van der Waals surface area (Å²) in [6.45, 7) is 4.04. The number of carbonyl (C=O) groups is 1. The number of rotatable bonds is 5. The zero-order chi connectivity index (χ0) is 13.0. The van der Waals surface area contributed by atoms with Crippen molar-refractivity contribution in [2.24, 2.45) is 5.73 Å². The lowest BCUT2D eigenvalue weighted by Gasteiger charge is -2.21. The molecule has 1 rings (SSSR count). The molecule has 0 heterocycles. The van der Waals surface area contributed by atoms with E-state index in [0.717, 1.165) is 10.9 Å². The molecule has 1 aromatic rings. The van der Waals surface area contributed by atoms with Gasteiger partial charge in [0.05, 0.1) is 0 Å². The average Bonchev–Trinajstić information content (AvgIpc) is 2.28. The van der Waals surface area contributed by atoms with Gasteiger partial charge in [-0.1, -0.05) is 34.5 Å². The predicted octanol–water partition coefficient (Wildman–Crippen LogP) is 3.02. The maximum absolute atomic E-state index is 11.5. The molecule has 94 valence electrons. The summed E-state index contributed by atoms with van der Waals surface area (Å²) in [6.07, 6.45) is 0.912. The minimum atomic E-state index is -0.560. The van der Waals surface area contributed by atoms with Gasteiger partial charge in [-0.2, -0.15) is 0 Å². The van der Waals surface area contributed by atoms with E-state index >= 15 is 0 Å². The first kappa shape index (κ1) is 14.5. The Hall–Kier alpha value is -0.580. The van der Waals surface area contributed by atoms with Crippen LogP contribution in [-0.4, -0.2) is 11.9 Å². The number of nitrogens with one attached hydrogen (secondary N) is 1. The van der Waals surface area contributed by atoms with Gasteiger partial charge in [0, 0.05) is 15.5 Å². The van der Waals surface area contributed by atoms with Crippen LogP contribution in [0.3, 0.4) is 0 Å². The molecule has 0 aliphatic rings. The molecule has 2 unspecified atom stereocenters. The Morgan fingerprint density at radius 1 is 1.59 bits per heavy atom. The average molecular weight is 320 g/mol. The third-order valence-electron chi connectivity index (χ3n) is 2.62. The van der Waals surface area contributed by atoms with Gasteiger partial charge in [0.15, 0.2) is 0 Å². The first-order chi connectivity index (χ1) is 7.95. The van der Waals surface area contributed by atoms with Crippen LogP contribution in [0.25, 0.3) is 0 Å². The van der Waals surface area contributed by atoms with Crippen molar-refractivity contribution in [3.05, 3.63) is 33.3 Å². The smallest absolute Gasteiger partial charge is 0.239 e.